The number of nitrogens with zero attached hydrogens (tertiary/aromatic N) is 3. The average molecular weight is 300 g/mol. The van der Waals surface area contributed by atoms with E-state index in [1.165, 1.54) is 4.90 Å². The standard InChI is InChI=1S/C12H20N4O3S/c1-15(7-9-6-13-16(2)8-9)12(19)14-10(11(17)18)4-5-20-3/h6,8,10H,4-5,7H2,1-3H3,(H,14,19)(H,17,18)/t10-/m1/s1. The van der Waals surface area contributed by atoms with Gasteiger partial charge in [0.25, 0.3) is 0 Å². The minimum Gasteiger partial charge on any atom is -0.480 e. The quantitative estimate of drug-likeness (QED) is 0.776. The van der Waals surface area contributed by atoms with E-state index in [1.54, 1.807) is 36.7 Å². The molecule has 0 aromatic carbocycles. The molecule has 0 fully saturated rings. The van der Waals surface area contributed by atoms with Crippen LogP contribution in [0.1, 0.15) is 12.0 Å². The molecule has 2 N–H and O–H groups in total. The first kappa shape index (κ1) is 16.4. The van der Waals surface area contributed by atoms with Crippen LogP contribution in [0, 0.1) is 0 Å². The molecular formula is C12H20N4O3S. The summed E-state index contributed by atoms with van der Waals surface area (Å²) in [7, 11) is 3.42. The molecular weight excluding hydrogens is 280 g/mol. The number of aliphatic carboxylic acids is 1. The maximum Gasteiger partial charge on any atom is 0.326 e. The van der Waals surface area contributed by atoms with Crippen LogP contribution >= 0.6 is 11.8 Å². The predicted molar refractivity (Wildman–Crippen MR) is 77.6 cm³/mol. The number of aromatic nitrogens is 2. The molecule has 0 saturated heterocycles. The van der Waals surface area contributed by atoms with E-state index >= 15 is 0 Å². The van der Waals surface area contributed by atoms with Gasteiger partial charge in [-0.2, -0.15) is 16.9 Å². The minimum atomic E-state index is -1.01. The Labute approximate surface area is 122 Å². The number of hydrogen-bond acceptors (Lipinski definition) is 4. The summed E-state index contributed by atoms with van der Waals surface area (Å²) in [6.07, 6.45) is 5.79. The normalized spacial score (nSPS) is 11.9. The Hall–Kier alpha value is -1.70. The van der Waals surface area contributed by atoms with Crippen molar-refractivity contribution in [1.29, 1.82) is 0 Å². The van der Waals surface area contributed by atoms with Gasteiger partial charge in [0.05, 0.1) is 12.7 Å². The van der Waals surface area contributed by atoms with Crippen LogP contribution in [-0.2, 0) is 18.4 Å². The van der Waals surface area contributed by atoms with Crippen molar-refractivity contribution in [2.45, 2.75) is 19.0 Å². The second kappa shape index (κ2) is 7.78. The molecule has 0 saturated carbocycles. The van der Waals surface area contributed by atoms with Crippen molar-refractivity contribution in [3.05, 3.63) is 18.0 Å². The Morgan fingerprint density at radius 2 is 2.30 bits per heavy atom. The van der Waals surface area contributed by atoms with Gasteiger partial charge in [-0.1, -0.05) is 0 Å². The SMILES string of the molecule is CSCC[C@@H](NC(=O)N(C)Cc1cnn(C)c1)C(=O)O. The van der Waals surface area contributed by atoms with Gasteiger partial charge < -0.3 is 15.3 Å². The number of aryl methyl sites for hydroxylation is 1. The molecule has 7 nitrogen and oxygen atoms in total. The van der Waals surface area contributed by atoms with Crippen LogP contribution in [0.15, 0.2) is 12.4 Å². The van der Waals surface area contributed by atoms with Crippen LogP contribution in [0.5, 0.6) is 0 Å². The number of carbonyl (C=O) groups is 2. The lowest BCUT2D eigenvalue weighted by Gasteiger charge is -2.20. The number of urea groups is 1. The topological polar surface area (TPSA) is 87.5 Å². The van der Waals surface area contributed by atoms with Crippen molar-refractivity contribution in [1.82, 2.24) is 20.0 Å². The molecule has 2 amide bonds. The number of amides is 2. The number of carboxylic acid groups (broad SMARTS) is 1. The molecule has 0 aliphatic carbocycles. The fraction of sp³-hybridized carbons (Fsp3) is 0.583. The third-order valence-electron chi connectivity index (χ3n) is 2.73. The van der Waals surface area contributed by atoms with Gasteiger partial charge in [-0.25, -0.2) is 9.59 Å². The maximum absolute atomic E-state index is 11.9. The van der Waals surface area contributed by atoms with E-state index in [-0.39, 0.29) is 0 Å². The Morgan fingerprint density at radius 3 is 2.80 bits per heavy atom. The third kappa shape index (κ3) is 5.12. The number of hydrogen-bond donors (Lipinski definition) is 2. The van der Waals surface area contributed by atoms with E-state index in [0.29, 0.717) is 18.7 Å². The number of carboxylic acids is 1. The lowest BCUT2D eigenvalue weighted by molar-refractivity contribution is -0.139. The number of thioether (sulfide) groups is 1. The summed E-state index contributed by atoms with van der Waals surface area (Å²) in [5, 5.41) is 15.6. The van der Waals surface area contributed by atoms with Crippen LogP contribution in [0.2, 0.25) is 0 Å². The molecule has 1 atom stereocenters. The monoisotopic (exact) mass is 300 g/mol. The second-order valence-corrected chi connectivity index (χ2v) is 5.49. The fourth-order valence-corrected chi connectivity index (χ4v) is 2.12. The van der Waals surface area contributed by atoms with Gasteiger partial charge in [0, 0.05) is 25.9 Å². The van der Waals surface area contributed by atoms with Crippen molar-refractivity contribution in [2.24, 2.45) is 7.05 Å². The van der Waals surface area contributed by atoms with Crippen LogP contribution in [0.3, 0.4) is 0 Å². The molecule has 1 rings (SSSR count). The molecule has 8 heteroatoms. The molecule has 0 radical (unpaired) electrons. The summed E-state index contributed by atoms with van der Waals surface area (Å²) in [5.41, 5.74) is 0.890. The molecule has 1 aromatic rings. The molecule has 112 valence electrons. The third-order valence-corrected chi connectivity index (χ3v) is 3.38. The fourth-order valence-electron chi connectivity index (χ4n) is 1.65. The van der Waals surface area contributed by atoms with Crippen molar-refractivity contribution >= 4 is 23.8 Å². The Kier molecular flexibility index (Phi) is 6.37. The van der Waals surface area contributed by atoms with E-state index in [2.05, 4.69) is 10.4 Å². The maximum atomic E-state index is 11.9. The van der Waals surface area contributed by atoms with Gasteiger partial charge in [0.2, 0.25) is 0 Å². The summed E-state index contributed by atoms with van der Waals surface area (Å²) < 4.78 is 1.65. The van der Waals surface area contributed by atoms with E-state index < -0.39 is 18.0 Å². The highest BCUT2D eigenvalue weighted by molar-refractivity contribution is 7.98. The van der Waals surface area contributed by atoms with Crippen LogP contribution < -0.4 is 5.32 Å². The molecule has 0 bridgehead atoms. The largest absolute Gasteiger partial charge is 0.480 e. The second-order valence-electron chi connectivity index (χ2n) is 4.50. The molecule has 0 spiro atoms. The van der Waals surface area contributed by atoms with Gasteiger partial charge in [0.1, 0.15) is 6.04 Å². The summed E-state index contributed by atoms with van der Waals surface area (Å²) in [4.78, 5) is 24.5. The van der Waals surface area contributed by atoms with E-state index in [9.17, 15) is 9.59 Å². The molecule has 0 aliphatic rings. The first-order valence-electron chi connectivity index (χ1n) is 6.15. The summed E-state index contributed by atoms with van der Waals surface area (Å²) in [5.74, 6) is -0.328. The van der Waals surface area contributed by atoms with Gasteiger partial charge >= 0.3 is 12.0 Å². The van der Waals surface area contributed by atoms with Crippen molar-refractivity contribution in [3.8, 4) is 0 Å². The number of carbonyl (C=O) groups excluding carboxylic acids is 1. The molecule has 0 aliphatic heterocycles. The highest BCUT2D eigenvalue weighted by Gasteiger charge is 2.21. The van der Waals surface area contributed by atoms with Crippen LogP contribution in [-0.4, -0.2) is 56.9 Å². The van der Waals surface area contributed by atoms with Gasteiger partial charge in [0.15, 0.2) is 0 Å². The van der Waals surface area contributed by atoms with Gasteiger partial charge in [-0.3, -0.25) is 4.68 Å². The molecule has 0 unspecified atom stereocenters. The van der Waals surface area contributed by atoms with Crippen LogP contribution in [0.25, 0.3) is 0 Å². The zero-order chi connectivity index (χ0) is 15.1. The smallest absolute Gasteiger partial charge is 0.326 e. The van der Waals surface area contributed by atoms with E-state index in [4.69, 9.17) is 5.11 Å². The van der Waals surface area contributed by atoms with Crippen molar-refractivity contribution < 1.29 is 14.7 Å². The minimum absolute atomic E-state index is 0.383. The van der Waals surface area contributed by atoms with Gasteiger partial charge in [-0.15, -0.1) is 0 Å². The zero-order valence-corrected chi connectivity index (χ0v) is 12.7. The average Bonchev–Trinajstić information content (AvgIpc) is 2.79. The molecule has 1 heterocycles. The van der Waals surface area contributed by atoms with E-state index in [0.717, 1.165) is 5.56 Å². The highest BCUT2D eigenvalue weighted by atomic mass is 32.2. The molecule has 1 aromatic heterocycles. The highest BCUT2D eigenvalue weighted by Crippen LogP contribution is 2.04. The lowest BCUT2D eigenvalue weighted by atomic mass is 10.2. The van der Waals surface area contributed by atoms with Crippen molar-refractivity contribution in [3.63, 3.8) is 0 Å². The number of rotatable bonds is 7. The summed E-state index contributed by atoms with van der Waals surface area (Å²) >= 11 is 1.55. The summed E-state index contributed by atoms with van der Waals surface area (Å²) in [6.45, 7) is 0.383. The first-order chi connectivity index (χ1) is 9.43. The zero-order valence-electron chi connectivity index (χ0n) is 11.9. The van der Waals surface area contributed by atoms with Gasteiger partial charge in [-0.05, 0) is 18.4 Å². The van der Waals surface area contributed by atoms with E-state index in [1.807, 2.05) is 12.5 Å². The molecule has 20 heavy (non-hydrogen) atoms. The summed E-state index contributed by atoms with van der Waals surface area (Å²) in [6, 6.07) is -1.26. The van der Waals surface area contributed by atoms with Crippen molar-refractivity contribution in [2.75, 3.05) is 19.1 Å². The number of nitrogens with one attached hydrogen (secondary N) is 1. The first-order valence-corrected chi connectivity index (χ1v) is 7.54. The Morgan fingerprint density at radius 1 is 1.60 bits per heavy atom. The Bertz CT molecular complexity index is 463. The Balaban J connectivity index is 2.52. The predicted octanol–water partition coefficient (Wildman–Crippen LogP) is 0.768. The van der Waals surface area contributed by atoms with Crippen LogP contribution in [0.4, 0.5) is 4.79 Å². The lowest BCUT2D eigenvalue weighted by Crippen LogP contribution is -2.46.